The summed E-state index contributed by atoms with van der Waals surface area (Å²) in [5.41, 5.74) is 18.8. The summed E-state index contributed by atoms with van der Waals surface area (Å²) in [4.78, 5) is 0. The maximum Gasteiger partial charge on any atom is -1.00 e. The van der Waals surface area contributed by atoms with E-state index in [-0.39, 0.29) is 30.2 Å². The fourth-order valence-corrected chi connectivity index (χ4v) is 7.62. The number of halogens is 2. The van der Waals surface area contributed by atoms with Gasteiger partial charge in [0.1, 0.15) is 0 Å². The van der Waals surface area contributed by atoms with Crippen molar-refractivity contribution in [3.05, 3.63) is 179 Å². The Bertz CT molecular complexity index is 2260. The molecule has 0 aromatic heterocycles. The zero-order chi connectivity index (χ0) is 41.5. The van der Waals surface area contributed by atoms with Crippen LogP contribution in [0.1, 0.15) is 85.8 Å². The number of hydrogen-bond acceptors (Lipinski definition) is 0. The molecule has 0 heterocycles. The molecule has 2 unspecified atom stereocenters. The van der Waals surface area contributed by atoms with Crippen molar-refractivity contribution in [2.24, 2.45) is 0 Å². The minimum absolute atomic E-state index is 0. The molecule has 0 saturated carbocycles. The van der Waals surface area contributed by atoms with E-state index in [0.29, 0.717) is 11.8 Å². The van der Waals surface area contributed by atoms with Gasteiger partial charge >= 0.3 is 41.9 Å². The van der Waals surface area contributed by atoms with Crippen molar-refractivity contribution in [3.63, 3.8) is 0 Å². The second kappa shape index (κ2) is 22.4. The average molecular weight is 923 g/mol. The normalized spacial score (nSPS) is 11.7. The Labute approximate surface area is 388 Å². The second-order valence-electron chi connectivity index (χ2n) is 16.6. The molecule has 0 aliphatic rings. The summed E-state index contributed by atoms with van der Waals surface area (Å²) in [7, 11) is 0. The smallest absolute Gasteiger partial charge is 1.00 e. The predicted octanol–water partition coefficient (Wildman–Crippen LogP) is 10.8. The molecule has 0 nitrogen and oxygen atoms in total. The number of hydrogen-bond donors (Lipinski definition) is 0. The van der Waals surface area contributed by atoms with Crippen LogP contribution in [-0.4, -0.2) is 5.43 Å². The van der Waals surface area contributed by atoms with Gasteiger partial charge in [0.05, 0.1) is 0 Å². The van der Waals surface area contributed by atoms with Gasteiger partial charge in [-0.1, -0.05) is 217 Å². The van der Waals surface area contributed by atoms with Crippen molar-refractivity contribution in [2.75, 3.05) is 0 Å². The van der Waals surface area contributed by atoms with Crippen LogP contribution in [0.15, 0.2) is 146 Å². The van der Waals surface area contributed by atoms with Crippen LogP contribution >= 0.6 is 0 Å². The van der Waals surface area contributed by atoms with E-state index in [9.17, 15) is 0 Å². The Kier molecular flexibility index (Phi) is 18.2. The van der Waals surface area contributed by atoms with E-state index in [0.717, 1.165) is 12.8 Å². The van der Waals surface area contributed by atoms with Crippen LogP contribution in [0.2, 0.25) is 13.1 Å². The maximum absolute atomic E-state index is 2.41. The summed E-state index contributed by atoms with van der Waals surface area (Å²) in [5.74, 6) is 1.16. The largest absolute Gasteiger partial charge is 1.00 e. The molecule has 0 aliphatic heterocycles. The first kappa shape index (κ1) is 48.9. The molecule has 0 N–H and O–H groups in total. The third kappa shape index (κ3) is 11.8. The van der Waals surface area contributed by atoms with Gasteiger partial charge in [-0.05, 0) is 50.7 Å². The van der Waals surface area contributed by atoms with Crippen LogP contribution < -0.4 is 24.8 Å². The van der Waals surface area contributed by atoms with Crippen molar-refractivity contribution < 1.29 is 48.1 Å². The monoisotopic (exact) mass is 920 g/mol. The molecule has 8 aromatic carbocycles. The molecule has 0 saturated heterocycles. The summed E-state index contributed by atoms with van der Waals surface area (Å²) in [6.45, 7) is 22.4. The third-order valence-corrected chi connectivity index (χ3v) is 11.6. The first-order valence-electron chi connectivity index (χ1n) is 21.1. The molecule has 308 valence electrons. The van der Waals surface area contributed by atoms with Gasteiger partial charge in [0.15, 0.2) is 0 Å². The van der Waals surface area contributed by atoms with E-state index >= 15 is 0 Å². The Morgan fingerprint density at radius 1 is 0.433 bits per heavy atom. The first-order chi connectivity index (χ1) is 27.9. The topological polar surface area (TPSA) is 0 Å². The minimum atomic E-state index is 0. The quantitative estimate of drug-likeness (QED) is 0.105. The van der Waals surface area contributed by atoms with Crippen molar-refractivity contribution in [1.82, 2.24) is 0 Å². The van der Waals surface area contributed by atoms with E-state index < -0.39 is 0 Å². The number of rotatable bonds is 8. The van der Waals surface area contributed by atoms with E-state index in [4.69, 9.17) is 0 Å². The second-order valence-corrected chi connectivity index (χ2v) is 26.0. The molecule has 0 bridgehead atoms. The summed E-state index contributed by atoms with van der Waals surface area (Å²) in [5, 5.41) is 5.47. The van der Waals surface area contributed by atoms with Gasteiger partial charge < -0.3 is 24.8 Å². The molecular formula is C56H60Cl2SiZr-2. The maximum atomic E-state index is 2.41. The van der Waals surface area contributed by atoms with E-state index in [1.165, 1.54) is 99.4 Å². The van der Waals surface area contributed by atoms with Gasteiger partial charge in [0.25, 0.3) is 0 Å². The van der Waals surface area contributed by atoms with E-state index in [1.54, 1.807) is 23.3 Å². The standard InChI is InChI=1S/2C27H27.C2H6Si.2ClH.Zr/c2*1-5-20(4)23-16-26-24(21-10-6-18(2)7-11-21)14-15-25(27(26)17-23)22-12-8-19(3)9-13-22;1-3-2;;;/h2*6-17,20H,5H2,1-4H3;1-2H3;2*1H;/q2*-1;;;;+2/p-2. The van der Waals surface area contributed by atoms with Crippen molar-refractivity contribution in [2.45, 2.75) is 93.2 Å². The van der Waals surface area contributed by atoms with Crippen LogP contribution in [0, 0.1) is 27.7 Å². The number of benzene rings is 6. The van der Waals surface area contributed by atoms with Crippen molar-refractivity contribution >= 4 is 27.0 Å². The van der Waals surface area contributed by atoms with Gasteiger partial charge in [-0.15, -0.1) is 44.8 Å². The molecule has 0 fully saturated rings. The molecule has 8 rings (SSSR count). The van der Waals surface area contributed by atoms with E-state index in [2.05, 4.69) is 214 Å². The fraction of sp³-hybridized carbons (Fsp3) is 0.250. The molecule has 60 heavy (non-hydrogen) atoms. The first-order valence-corrected chi connectivity index (χ1v) is 27.3. The predicted molar refractivity (Wildman–Crippen MR) is 255 cm³/mol. The average Bonchev–Trinajstić information content (AvgIpc) is 3.88. The van der Waals surface area contributed by atoms with Crippen LogP contribution in [0.4, 0.5) is 0 Å². The minimum Gasteiger partial charge on any atom is -1.00 e. The van der Waals surface area contributed by atoms with Crippen LogP contribution in [-0.2, 0) is 23.3 Å². The fourth-order valence-electron chi connectivity index (χ4n) is 7.62. The van der Waals surface area contributed by atoms with Crippen LogP contribution in [0.25, 0.3) is 66.1 Å². The summed E-state index contributed by atoms with van der Waals surface area (Å²) < 4.78 is 0. The number of aryl methyl sites for hydroxylation is 4. The summed E-state index contributed by atoms with van der Waals surface area (Å²) >= 11 is 1.74. The molecule has 0 spiro atoms. The zero-order valence-electron chi connectivity index (χ0n) is 37.2. The Morgan fingerprint density at radius 2 is 0.667 bits per heavy atom. The van der Waals surface area contributed by atoms with Crippen LogP contribution in [0.5, 0.6) is 0 Å². The zero-order valence-corrected chi connectivity index (χ0v) is 42.2. The molecule has 0 amide bonds. The Balaban J connectivity index is 0.000000236. The molecule has 8 aromatic rings. The molecular weight excluding hydrogens is 863 g/mol. The Hall–Kier alpha value is -3.78. The molecule has 4 heteroatoms. The SMILES string of the molecule is CCC(C)c1cc2c(-c3ccc(C)cc3)ccc(-c3ccc(C)cc3)c2[cH-]1.CCC(C)c1cc2c(-c3ccc(C)cc3)ccc(-c3ccc(C)cc3)c2[cH-]1.C[Si](C)=[Zr+2].[Cl-].[Cl-]. The molecule has 0 radical (unpaired) electrons. The third-order valence-electron chi connectivity index (χ3n) is 11.6. The number of fused-ring (bicyclic) bond motifs is 2. The molecule has 0 aliphatic carbocycles. The van der Waals surface area contributed by atoms with Crippen molar-refractivity contribution in [1.29, 1.82) is 0 Å². The van der Waals surface area contributed by atoms with Crippen molar-refractivity contribution in [3.8, 4) is 44.5 Å². The van der Waals surface area contributed by atoms with Gasteiger partial charge in [-0.25, -0.2) is 0 Å². The molecule has 2 atom stereocenters. The van der Waals surface area contributed by atoms with Crippen LogP contribution in [0.3, 0.4) is 0 Å². The summed E-state index contributed by atoms with van der Waals surface area (Å²) in [6.07, 6.45) is 2.33. The van der Waals surface area contributed by atoms with Gasteiger partial charge in [0.2, 0.25) is 0 Å². The van der Waals surface area contributed by atoms with E-state index in [1.807, 2.05) is 0 Å². The summed E-state index contributed by atoms with van der Waals surface area (Å²) in [6, 6.07) is 54.4. The van der Waals surface area contributed by atoms with Gasteiger partial charge in [0, 0.05) is 0 Å². The van der Waals surface area contributed by atoms with Gasteiger partial charge in [-0.2, -0.15) is 12.1 Å². The Morgan fingerprint density at radius 3 is 0.917 bits per heavy atom. The van der Waals surface area contributed by atoms with Gasteiger partial charge in [-0.3, -0.25) is 0 Å².